The molecular formula is C75H120NO33. The van der Waals surface area contributed by atoms with Crippen LogP contribution in [0.4, 0.5) is 0 Å². The van der Waals surface area contributed by atoms with Gasteiger partial charge in [0.1, 0.15) is 134 Å². The lowest BCUT2D eigenvalue weighted by Gasteiger charge is -2.71. The van der Waals surface area contributed by atoms with Crippen LogP contribution in [0.15, 0.2) is 11.6 Å². The van der Waals surface area contributed by atoms with Crippen LogP contribution >= 0.6 is 0 Å². The second kappa shape index (κ2) is 33.9. The summed E-state index contributed by atoms with van der Waals surface area (Å²) < 4.78 is 73.2. The van der Waals surface area contributed by atoms with Crippen molar-refractivity contribution in [3.8, 4) is 0 Å². The van der Waals surface area contributed by atoms with Gasteiger partial charge in [-0.2, -0.15) is 0 Å². The monoisotopic (exact) mass is 1560 g/mol. The minimum atomic E-state index is -2.07. The van der Waals surface area contributed by atoms with E-state index in [9.17, 15) is 101 Å². The van der Waals surface area contributed by atoms with Crippen LogP contribution in [-0.4, -0.2) is 321 Å². The zero-order chi connectivity index (χ0) is 79.9. The number of nitrogens with one attached hydrogen (secondary N) is 1. The molecule has 34 heteroatoms. The number of hydrogen-bond acceptors (Lipinski definition) is 33. The number of fused-ring (bicyclic) bond motifs is 7. The highest BCUT2D eigenvalue weighted by Crippen LogP contribution is 2.76. The summed E-state index contributed by atoms with van der Waals surface area (Å²) in [7, 11) is 0. The molecule has 0 aromatic rings. The largest absolute Gasteiger partial charge is 0.432 e. The maximum atomic E-state index is 16.1. The van der Waals surface area contributed by atoms with E-state index < -0.39 is 273 Å². The van der Waals surface area contributed by atoms with Crippen molar-refractivity contribution in [1.82, 2.24) is 5.32 Å². The molecule has 6 saturated heterocycles. The predicted molar refractivity (Wildman–Crippen MR) is 369 cm³/mol. The van der Waals surface area contributed by atoms with Crippen LogP contribution in [0, 0.1) is 68.7 Å². The lowest BCUT2D eigenvalue weighted by atomic mass is 9.33. The third-order valence-corrected chi connectivity index (χ3v) is 27.7. The van der Waals surface area contributed by atoms with Gasteiger partial charge < -0.3 is 159 Å². The number of aliphatic hydroxyl groups excluding tert-OH is 17. The predicted octanol–water partition coefficient (Wildman–Crippen LogP) is -3.22. The van der Waals surface area contributed by atoms with E-state index in [4.69, 9.17) is 56.8 Å². The zero-order valence-electron chi connectivity index (χ0n) is 63.6. The van der Waals surface area contributed by atoms with Crippen LogP contribution in [0.2, 0.25) is 0 Å². The molecule has 1 amide bonds. The van der Waals surface area contributed by atoms with E-state index in [1.807, 2.05) is 13.8 Å². The van der Waals surface area contributed by atoms with Crippen molar-refractivity contribution < 1.29 is 163 Å². The number of ketones is 1. The second-order valence-electron chi connectivity index (χ2n) is 34.9. The molecule has 6 heterocycles. The van der Waals surface area contributed by atoms with E-state index in [0.717, 1.165) is 18.5 Å². The number of hydrogen-bond donors (Lipinski definition) is 18. The lowest BCUT2D eigenvalue weighted by molar-refractivity contribution is -0.377. The number of carbonyl (C=O) groups is 4. The van der Waals surface area contributed by atoms with Crippen molar-refractivity contribution in [2.45, 2.75) is 337 Å². The average molecular weight is 1560 g/mol. The van der Waals surface area contributed by atoms with Crippen molar-refractivity contribution in [3.05, 3.63) is 18.3 Å². The Morgan fingerprint density at radius 1 is 0.624 bits per heavy atom. The van der Waals surface area contributed by atoms with E-state index in [1.54, 1.807) is 6.92 Å². The highest BCUT2D eigenvalue weighted by molar-refractivity contribution is 5.80. The molecule has 15 unspecified atom stereocenters. The number of amides is 1. The number of carbonyl (C=O) groups excluding carboxylic acids is 4. The number of ether oxygens (including phenoxy) is 12. The summed E-state index contributed by atoms with van der Waals surface area (Å²) in [5, 5.41) is 192. The van der Waals surface area contributed by atoms with E-state index in [-0.39, 0.29) is 55.6 Å². The SMILES string of the molecule is CC[C@@H](C)[C@@H](CC(C)=O)C[C@H](O)CC(=O)N[C@@H]1C(CO)O[C@H](OC(=O)[C@]23CCC(C)(C)CC2C2=CCC4C5(C)CC[C@H](O[C@@H]6O[CH][C@H](O)[C@H](O[C@@H]7OC[C@H](O)[C@H](O)C7O)C6O[C@@H]6OC(CO)[C@H](O)[C@H](O)C6O)[C@](C)(C=O)[C@@H]5CCC4(C)C2(C)CC3O)[C@H](O[C@H]2OC(C)[C@@H](O[C@H]3OC[C@@H](O)C(O)[C@H]3O)C(O)[C@@H]2O)C1O. The number of aliphatic hydroxyl groups is 17. The molecule has 0 bridgehead atoms. The molecule has 0 aromatic heterocycles. The van der Waals surface area contributed by atoms with E-state index in [2.05, 4.69) is 46.0 Å². The van der Waals surface area contributed by atoms with Gasteiger partial charge in [-0.05, 0) is 129 Å². The van der Waals surface area contributed by atoms with Gasteiger partial charge in [-0.25, -0.2) is 0 Å². The molecule has 10 fully saturated rings. The Bertz CT molecular complexity index is 3150. The summed E-state index contributed by atoms with van der Waals surface area (Å²) in [5.74, 6) is -3.45. The second-order valence-corrected chi connectivity index (χ2v) is 34.9. The third kappa shape index (κ3) is 16.2. The van der Waals surface area contributed by atoms with Crippen LogP contribution < -0.4 is 5.32 Å². The van der Waals surface area contributed by atoms with Crippen LogP contribution in [-0.2, 0) is 76.0 Å². The van der Waals surface area contributed by atoms with Crippen molar-refractivity contribution >= 4 is 23.9 Å². The molecule has 4 saturated carbocycles. The highest BCUT2D eigenvalue weighted by atomic mass is 16.8. The van der Waals surface area contributed by atoms with Gasteiger partial charge in [-0.15, -0.1) is 0 Å². The molecule has 34 nitrogen and oxygen atoms in total. The fourth-order valence-corrected chi connectivity index (χ4v) is 20.8. The number of esters is 1. The van der Waals surface area contributed by atoms with E-state index >= 15 is 4.79 Å². The van der Waals surface area contributed by atoms with Crippen LogP contribution in [0.3, 0.4) is 0 Å². The van der Waals surface area contributed by atoms with Crippen molar-refractivity contribution in [2.24, 2.45) is 62.1 Å². The minimum absolute atomic E-state index is 0.00990. The first kappa shape index (κ1) is 86.8. The van der Waals surface area contributed by atoms with Crippen molar-refractivity contribution in [2.75, 3.05) is 26.4 Å². The summed E-state index contributed by atoms with van der Waals surface area (Å²) in [5.41, 5.74) is -4.70. The Morgan fingerprint density at radius 3 is 1.83 bits per heavy atom. The summed E-state index contributed by atoms with van der Waals surface area (Å²) in [6.07, 6.45) is -42.6. The van der Waals surface area contributed by atoms with Gasteiger partial charge in [0.15, 0.2) is 37.6 Å². The van der Waals surface area contributed by atoms with Crippen LogP contribution in [0.5, 0.6) is 0 Å². The first-order chi connectivity index (χ1) is 51.2. The zero-order valence-corrected chi connectivity index (χ0v) is 63.6. The maximum absolute atomic E-state index is 16.1. The Morgan fingerprint density at radius 2 is 1.21 bits per heavy atom. The number of rotatable bonds is 24. The van der Waals surface area contributed by atoms with Gasteiger partial charge in [0.25, 0.3) is 0 Å². The molecular weight excluding hydrogens is 1440 g/mol. The van der Waals surface area contributed by atoms with Gasteiger partial charge in [0.05, 0.1) is 68.7 Å². The average Bonchev–Trinajstić information content (AvgIpc) is 0.670. The van der Waals surface area contributed by atoms with E-state index in [1.165, 1.54) is 13.8 Å². The molecule has 11 rings (SSSR count). The first-order valence-electron chi connectivity index (χ1n) is 38.7. The van der Waals surface area contributed by atoms with Gasteiger partial charge in [0, 0.05) is 6.42 Å². The van der Waals surface area contributed by atoms with E-state index in [0.29, 0.717) is 44.9 Å². The van der Waals surface area contributed by atoms with Gasteiger partial charge in [-0.1, -0.05) is 73.5 Å². The molecule has 623 valence electrons. The molecule has 109 heavy (non-hydrogen) atoms. The lowest BCUT2D eigenvalue weighted by Crippen LogP contribution is -2.70. The summed E-state index contributed by atoms with van der Waals surface area (Å²) >= 11 is 0. The quantitative estimate of drug-likeness (QED) is 0.0196. The maximum Gasteiger partial charge on any atom is 0.317 e. The molecule has 11 aliphatic rings. The summed E-state index contributed by atoms with van der Waals surface area (Å²) in [4.78, 5) is 56.6. The van der Waals surface area contributed by atoms with Crippen LogP contribution in [0.1, 0.15) is 153 Å². The Kier molecular flexibility index (Phi) is 26.9. The highest BCUT2D eigenvalue weighted by Gasteiger charge is 2.73. The first-order valence-corrected chi connectivity index (χ1v) is 38.7. The summed E-state index contributed by atoms with van der Waals surface area (Å²) in [6.45, 7) is 17.4. The molecule has 1 radical (unpaired) electrons. The Balaban J connectivity index is 0.864. The molecule has 6 aliphatic heterocycles. The fraction of sp³-hybridized carbons (Fsp3) is 0.907. The Hall–Kier alpha value is -3.10. The molecule has 40 atom stereocenters. The standard InChI is InChI=1S/C75H120NO33/c1-11-31(2)34(20-32(3)80)21-35(81)22-47(86)76-48-41(25-77)102-68(61(52(48)90)107-65-58(96)54(92)59(33(4)101-65)105-63-55(93)49(87)38(82)27-98-63)109-69(97)75-19-18-70(5,6)23-37(75)36-12-13-44-71(7)16-15-46(72(8,30-79)43(71)14-17-73(44,9)74(36,10)24-45(75)85)104-67-62(108-66-57(95)53(91)51(89)42(26-78)103-66)60(40(84)29-100-67)106-64-56(94)50(88)39(83)28-99-64/h12,29-31,33-35,37-46,48-68,77-78,81-85,87-96H,11,13-28H2,1-10H3,(H,76,86)/t31-,33?,34+,35+,37?,38-,39+,40+,41?,42?,43-,44?,45?,46+,48-,49?,50+,51+,52?,53+,54?,55-,56?,57?,58+,59-,60+,61-,62?,63-,64+,65-,66+,67+,68-,71?,72-,73?,74?,75-/m1/s1. The molecule has 0 spiro atoms. The molecule has 0 aromatic carbocycles. The number of aldehydes is 1. The fourth-order valence-electron chi connectivity index (χ4n) is 20.8. The van der Waals surface area contributed by atoms with Crippen LogP contribution in [0.25, 0.3) is 0 Å². The van der Waals surface area contributed by atoms with Gasteiger partial charge in [-0.3, -0.25) is 9.59 Å². The third-order valence-electron chi connectivity index (χ3n) is 27.7. The minimum Gasteiger partial charge on any atom is -0.432 e. The van der Waals surface area contributed by atoms with Gasteiger partial charge >= 0.3 is 5.97 Å². The van der Waals surface area contributed by atoms with Crippen molar-refractivity contribution in [3.63, 3.8) is 0 Å². The number of Topliss-reactive ketones (excluding diaryl/α,β-unsaturated/α-hetero) is 1. The molecule has 5 aliphatic carbocycles. The smallest absolute Gasteiger partial charge is 0.317 e. The topological polar surface area (TPSA) is 535 Å². The Labute approximate surface area is 633 Å². The van der Waals surface area contributed by atoms with Gasteiger partial charge in [0.2, 0.25) is 12.2 Å². The summed E-state index contributed by atoms with van der Waals surface area (Å²) in [6, 6.07) is -1.59. The van der Waals surface area contributed by atoms with Crippen molar-refractivity contribution in [1.29, 1.82) is 0 Å². The molecule has 18 N–H and O–H groups in total. The number of allylic oxidation sites excluding steroid dienone is 2. The normalized spacial score (nSPS) is 50.1.